The topological polar surface area (TPSA) is 49.4 Å². The van der Waals surface area contributed by atoms with Crippen molar-refractivity contribution in [2.75, 3.05) is 13.6 Å². The SMILES string of the molecule is Cc1ccc(C(=O)NCC(=O)N(C)Cc2cccc(F)c2)s1. The maximum atomic E-state index is 13.1. The van der Waals surface area contributed by atoms with E-state index < -0.39 is 0 Å². The minimum atomic E-state index is -0.334. The molecule has 6 heteroatoms. The van der Waals surface area contributed by atoms with E-state index in [9.17, 15) is 14.0 Å². The van der Waals surface area contributed by atoms with E-state index in [0.29, 0.717) is 17.0 Å². The van der Waals surface area contributed by atoms with Gasteiger partial charge in [-0.2, -0.15) is 0 Å². The minimum absolute atomic E-state index is 0.0817. The first-order chi connectivity index (χ1) is 10.5. The predicted molar refractivity (Wildman–Crippen MR) is 84.3 cm³/mol. The zero-order valence-corrected chi connectivity index (χ0v) is 13.2. The number of likely N-dealkylation sites (N-methyl/N-ethyl adjacent to an activating group) is 1. The number of hydrogen-bond donors (Lipinski definition) is 1. The molecule has 0 atom stereocenters. The molecule has 1 aromatic carbocycles. The Hall–Kier alpha value is -2.21. The third-order valence-electron chi connectivity index (χ3n) is 3.10. The van der Waals surface area contributed by atoms with Crippen molar-refractivity contribution >= 4 is 23.2 Å². The van der Waals surface area contributed by atoms with E-state index in [2.05, 4.69) is 5.32 Å². The lowest BCUT2D eigenvalue weighted by atomic mass is 10.2. The fourth-order valence-corrected chi connectivity index (χ4v) is 2.72. The molecular formula is C16H17FN2O2S. The van der Waals surface area contributed by atoms with Crippen LogP contribution in [0.2, 0.25) is 0 Å². The number of amides is 2. The summed E-state index contributed by atoms with van der Waals surface area (Å²) < 4.78 is 13.1. The lowest BCUT2D eigenvalue weighted by molar-refractivity contribution is -0.129. The highest BCUT2D eigenvalue weighted by Gasteiger charge is 2.13. The maximum Gasteiger partial charge on any atom is 0.261 e. The zero-order chi connectivity index (χ0) is 16.1. The number of carbonyl (C=O) groups excluding carboxylic acids is 2. The Kier molecular flexibility index (Phi) is 5.27. The van der Waals surface area contributed by atoms with E-state index in [1.165, 1.54) is 28.4 Å². The molecule has 1 aromatic heterocycles. The van der Waals surface area contributed by atoms with Gasteiger partial charge in [0.15, 0.2) is 0 Å². The second-order valence-corrected chi connectivity index (χ2v) is 6.26. The Bertz CT molecular complexity index is 684. The van der Waals surface area contributed by atoms with Crippen LogP contribution in [0.15, 0.2) is 36.4 Å². The van der Waals surface area contributed by atoms with Gasteiger partial charge in [0.25, 0.3) is 5.91 Å². The number of benzene rings is 1. The molecule has 116 valence electrons. The monoisotopic (exact) mass is 320 g/mol. The molecule has 0 radical (unpaired) electrons. The predicted octanol–water partition coefficient (Wildman–Crippen LogP) is 2.58. The third kappa shape index (κ3) is 4.39. The number of hydrogen-bond acceptors (Lipinski definition) is 3. The third-order valence-corrected chi connectivity index (χ3v) is 4.10. The fraction of sp³-hybridized carbons (Fsp3) is 0.250. The van der Waals surface area contributed by atoms with Gasteiger partial charge in [0.05, 0.1) is 11.4 Å². The number of thiophene rings is 1. The fourth-order valence-electron chi connectivity index (χ4n) is 1.93. The van der Waals surface area contributed by atoms with E-state index in [1.54, 1.807) is 25.2 Å². The molecular weight excluding hydrogens is 303 g/mol. The van der Waals surface area contributed by atoms with Crippen LogP contribution in [0.3, 0.4) is 0 Å². The van der Waals surface area contributed by atoms with E-state index >= 15 is 0 Å². The number of aryl methyl sites for hydroxylation is 1. The van der Waals surface area contributed by atoms with Gasteiger partial charge in [0.2, 0.25) is 5.91 Å². The first-order valence-electron chi connectivity index (χ1n) is 6.79. The van der Waals surface area contributed by atoms with Gasteiger partial charge in [-0.1, -0.05) is 12.1 Å². The molecule has 22 heavy (non-hydrogen) atoms. The van der Waals surface area contributed by atoms with Crippen LogP contribution in [0.4, 0.5) is 4.39 Å². The van der Waals surface area contributed by atoms with E-state index in [0.717, 1.165) is 4.88 Å². The van der Waals surface area contributed by atoms with Crippen LogP contribution < -0.4 is 5.32 Å². The molecule has 0 aliphatic heterocycles. The normalized spacial score (nSPS) is 10.3. The number of carbonyl (C=O) groups is 2. The number of rotatable bonds is 5. The Morgan fingerprint density at radius 3 is 2.68 bits per heavy atom. The van der Waals surface area contributed by atoms with Crippen LogP contribution in [-0.2, 0) is 11.3 Å². The summed E-state index contributed by atoms with van der Waals surface area (Å²) in [5.74, 6) is -0.823. The second-order valence-electron chi connectivity index (χ2n) is 4.97. The average molecular weight is 320 g/mol. The molecule has 0 saturated carbocycles. The highest BCUT2D eigenvalue weighted by atomic mass is 32.1. The van der Waals surface area contributed by atoms with Crippen molar-refractivity contribution in [1.29, 1.82) is 0 Å². The Labute approximate surface area is 132 Å². The highest BCUT2D eigenvalue weighted by molar-refractivity contribution is 7.13. The van der Waals surface area contributed by atoms with Crippen molar-refractivity contribution in [3.05, 3.63) is 57.5 Å². The molecule has 0 fully saturated rings. The van der Waals surface area contributed by atoms with Gasteiger partial charge in [-0.3, -0.25) is 9.59 Å². The Balaban J connectivity index is 1.85. The van der Waals surface area contributed by atoms with Crippen molar-refractivity contribution < 1.29 is 14.0 Å². The first kappa shape index (κ1) is 16.2. The second kappa shape index (κ2) is 7.17. The zero-order valence-electron chi connectivity index (χ0n) is 12.4. The van der Waals surface area contributed by atoms with Gasteiger partial charge in [-0.25, -0.2) is 4.39 Å². The van der Waals surface area contributed by atoms with Crippen LogP contribution in [0.5, 0.6) is 0 Å². The van der Waals surface area contributed by atoms with Gasteiger partial charge < -0.3 is 10.2 Å². The van der Waals surface area contributed by atoms with E-state index in [-0.39, 0.29) is 24.2 Å². The van der Waals surface area contributed by atoms with E-state index in [1.807, 2.05) is 13.0 Å². The van der Waals surface area contributed by atoms with Gasteiger partial charge >= 0.3 is 0 Å². The summed E-state index contributed by atoms with van der Waals surface area (Å²) in [7, 11) is 1.62. The average Bonchev–Trinajstić information content (AvgIpc) is 2.91. The lowest BCUT2D eigenvalue weighted by Gasteiger charge is -2.17. The largest absolute Gasteiger partial charge is 0.342 e. The number of nitrogens with one attached hydrogen (secondary N) is 1. The molecule has 0 aliphatic rings. The summed E-state index contributed by atoms with van der Waals surface area (Å²) >= 11 is 1.38. The summed E-state index contributed by atoms with van der Waals surface area (Å²) in [5.41, 5.74) is 0.705. The molecule has 0 aliphatic carbocycles. The lowest BCUT2D eigenvalue weighted by Crippen LogP contribution is -2.37. The van der Waals surface area contributed by atoms with Crippen molar-refractivity contribution in [3.8, 4) is 0 Å². The molecule has 0 bridgehead atoms. The van der Waals surface area contributed by atoms with Gasteiger partial charge in [0, 0.05) is 18.5 Å². The van der Waals surface area contributed by atoms with Gasteiger partial charge in [-0.15, -0.1) is 11.3 Å². The molecule has 1 heterocycles. The molecule has 1 N–H and O–H groups in total. The van der Waals surface area contributed by atoms with Gasteiger partial charge in [0.1, 0.15) is 5.82 Å². The standard InChI is InChI=1S/C16H17FN2O2S/c1-11-6-7-14(22-11)16(21)18-9-15(20)19(2)10-12-4-3-5-13(17)8-12/h3-8H,9-10H2,1-2H3,(H,18,21). The summed E-state index contributed by atoms with van der Waals surface area (Å²) in [6.07, 6.45) is 0. The molecule has 2 aromatic rings. The van der Waals surface area contributed by atoms with Crippen LogP contribution >= 0.6 is 11.3 Å². The van der Waals surface area contributed by atoms with Crippen LogP contribution in [0.1, 0.15) is 20.1 Å². The first-order valence-corrected chi connectivity index (χ1v) is 7.60. The molecule has 0 saturated heterocycles. The highest BCUT2D eigenvalue weighted by Crippen LogP contribution is 2.14. The van der Waals surface area contributed by atoms with Crippen LogP contribution in [0, 0.1) is 12.7 Å². The van der Waals surface area contributed by atoms with Crippen molar-refractivity contribution in [1.82, 2.24) is 10.2 Å². The smallest absolute Gasteiger partial charge is 0.261 e. The minimum Gasteiger partial charge on any atom is -0.342 e. The molecule has 0 unspecified atom stereocenters. The van der Waals surface area contributed by atoms with E-state index in [4.69, 9.17) is 0 Å². The van der Waals surface area contributed by atoms with Crippen molar-refractivity contribution in [2.24, 2.45) is 0 Å². The maximum absolute atomic E-state index is 13.1. The van der Waals surface area contributed by atoms with Crippen LogP contribution in [0.25, 0.3) is 0 Å². The van der Waals surface area contributed by atoms with Crippen molar-refractivity contribution in [3.63, 3.8) is 0 Å². The molecule has 2 rings (SSSR count). The number of halogens is 1. The summed E-state index contributed by atoms with van der Waals surface area (Å²) in [6, 6.07) is 9.68. The number of nitrogens with zero attached hydrogens (tertiary/aromatic N) is 1. The molecule has 2 amide bonds. The van der Waals surface area contributed by atoms with Crippen LogP contribution in [-0.4, -0.2) is 30.3 Å². The molecule has 4 nitrogen and oxygen atoms in total. The summed E-state index contributed by atoms with van der Waals surface area (Å²) in [4.78, 5) is 26.9. The quantitative estimate of drug-likeness (QED) is 0.920. The molecule has 0 spiro atoms. The summed E-state index contributed by atoms with van der Waals surface area (Å²) in [5, 5.41) is 2.60. The van der Waals surface area contributed by atoms with Gasteiger partial charge in [-0.05, 0) is 36.8 Å². The Morgan fingerprint density at radius 2 is 2.05 bits per heavy atom. The van der Waals surface area contributed by atoms with Crippen molar-refractivity contribution in [2.45, 2.75) is 13.5 Å². The Morgan fingerprint density at radius 1 is 1.27 bits per heavy atom. The summed E-state index contributed by atoms with van der Waals surface area (Å²) in [6.45, 7) is 2.13.